The number of halogens is 1. The predicted molar refractivity (Wildman–Crippen MR) is 79.9 cm³/mol. The molecule has 0 heterocycles. The van der Waals surface area contributed by atoms with E-state index in [9.17, 15) is 13.2 Å². The predicted octanol–water partition coefficient (Wildman–Crippen LogP) is 1.40. The molecule has 0 unspecified atom stereocenters. The smallest absolute Gasteiger partial charge is 0.235 e. The van der Waals surface area contributed by atoms with Crippen LogP contribution in [0.2, 0.25) is 5.02 Å². The summed E-state index contributed by atoms with van der Waals surface area (Å²) >= 11 is 6.00. The SMILES string of the molecule is C=CCNC(=O)CN(Cc1ccccc1Cl)S(C)(=O)=O. The zero-order chi connectivity index (χ0) is 15.2. The van der Waals surface area contributed by atoms with E-state index in [2.05, 4.69) is 11.9 Å². The Morgan fingerprint density at radius 3 is 2.65 bits per heavy atom. The third kappa shape index (κ3) is 5.32. The van der Waals surface area contributed by atoms with Crippen LogP contribution < -0.4 is 5.32 Å². The number of nitrogens with one attached hydrogen (secondary N) is 1. The highest BCUT2D eigenvalue weighted by Crippen LogP contribution is 2.18. The maximum atomic E-state index is 11.7. The number of sulfonamides is 1. The van der Waals surface area contributed by atoms with Gasteiger partial charge in [-0.15, -0.1) is 6.58 Å². The monoisotopic (exact) mass is 316 g/mol. The first kappa shape index (κ1) is 16.7. The van der Waals surface area contributed by atoms with Gasteiger partial charge in [0.25, 0.3) is 0 Å². The molecule has 1 amide bonds. The van der Waals surface area contributed by atoms with Crippen LogP contribution in [0.3, 0.4) is 0 Å². The van der Waals surface area contributed by atoms with Crippen LogP contribution >= 0.6 is 11.6 Å². The van der Waals surface area contributed by atoms with Gasteiger partial charge in [0.05, 0.1) is 12.8 Å². The highest BCUT2D eigenvalue weighted by atomic mass is 35.5. The lowest BCUT2D eigenvalue weighted by Gasteiger charge is -2.20. The lowest BCUT2D eigenvalue weighted by atomic mass is 10.2. The molecule has 1 aromatic rings. The third-order valence-corrected chi connectivity index (χ3v) is 4.10. The van der Waals surface area contributed by atoms with Crippen molar-refractivity contribution in [1.82, 2.24) is 9.62 Å². The summed E-state index contributed by atoms with van der Waals surface area (Å²) in [5, 5.41) is 3.00. The summed E-state index contributed by atoms with van der Waals surface area (Å²) in [5.41, 5.74) is 0.649. The highest BCUT2D eigenvalue weighted by molar-refractivity contribution is 7.88. The van der Waals surface area contributed by atoms with Crippen molar-refractivity contribution in [3.8, 4) is 0 Å². The standard InChI is InChI=1S/C13H17ClN2O3S/c1-3-8-15-13(17)10-16(20(2,18)19)9-11-6-4-5-7-12(11)14/h3-7H,1,8-10H2,2H3,(H,15,17). The van der Waals surface area contributed by atoms with Crippen LogP contribution in [0.25, 0.3) is 0 Å². The van der Waals surface area contributed by atoms with Gasteiger partial charge in [-0.2, -0.15) is 4.31 Å². The summed E-state index contributed by atoms with van der Waals surface area (Å²) in [4.78, 5) is 11.6. The lowest BCUT2D eigenvalue weighted by molar-refractivity contribution is -0.121. The van der Waals surface area contributed by atoms with Crippen molar-refractivity contribution in [3.63, 3.8) is 0 Å². The molecule has 1 aromatic carbocycles. The minimum Gasteiger partial charge on any atom is -0.351 e. The van der Waals surface area contributed by atoms with E-state index < -0.39 is 10.0 Å². The molecule has 0 aliphatic rings. The third-order valence-electron chi connectivity index (χ3n) is 2.54. The highest BCUT2D eigenvalue weighted by Gasteiger charge is 2.21. The summed E-state index contributed by atoms with van der Waals surface area (Å²) < 4.78 is 24.6. The van der Waals surface area contributed by atoms with Crippen molar-refractivity contribution in [3.05, 3.63) is 47.5 Å². The Morgan fingerprint density at radius 1 is 1.45 bits per heavy atom. The number of carbonyl (C=O) groups is 1. The van der Waals surface area contributed by atoms with Crippen molar-refractivity contribution in [1.29, 1.82) is 0 Å². The van der Waals surface area contributed by atoms with Gasteiger partial charge < -0.3 is 5.32 Å². The van der Waals surface area contributed by atoms with E-state index in [1.807, 2.05) is 0 Å². The summed E-state index contributed by atoms with van der Waals surface area (Å²) in [6.45, 7) is 3.57. The van der Waals surface area contributed by atoms with Gasteiger partial charge in [-0.25, -0.2) is 8.42 Å². The normalized spacial score (nSPS) is 11.3. The van der Waals surface area contributed by atoms with Gasteiger partial charge >= 0.3 is 0 Å². The van der Waals surface area contributed by atoms with E-state index in [1.54, 1.807) is 24.3 Å². The first-order chi connectivity index (χ1) is 9.34. The fourth-order valence-corrected chi connectivity index (χ4v) is 2.43. The van der Waals surface area contributed by atoms with Crippen LogP contribution in [0.4, 0.5) is 0 Å². The number of amides is 1. The number of nitrogens with zero attached hydrogens (tertiary/aromatic N) is 1. The molecule has 0 spiro atoms. The summed E-state index contributed by atoms with van der Waals surface area (Å²) in [6, 6.07) is 6.92. The number of hydrogen-bond acceptors (Lipinski definition) is 3. The molecule has 110 valence electrons. The van der Waals surface area contributed by atoms with Gasteiger partial charge in [-0.05, 0) is 11.6 Å². The molecule has 7 heteroatoms. The zero-order valence-electron chi connectivity index (χ0n) is 11.2. The average Bonchev–Trinajstić information content (AvgIpc) is 2.37. The van der Waals surface area contributed by atoms with E-state index in [4.69, 9.17) is 11.6 Å². The number of rotatable bonds is 7. The second kappa shape index (κ2) is 7.42. The van der Waals surface area contributed by atoms with E-state index in [1.165, 1.54) is 6.08 Å². The molecule has 0 fully saturated rings. The van der Waals surface area contributed by atoms with Crippen molar-refractivity contribution < 1.29 is 13.2 Å². The Bertz CT molecular complexity index is 587. The Labute approximate surface area is 124 Å². The summed E-state index contributed by atoms with van der Waals surface area (Å²) in [7, 11) is -3.51. The number of carbonyl (C=O) groups excluding carboxylic acids is 1. The first-order valence-electron chi connectivity index (χ1n) is 5.90. The van der Waals surface area contributed by atoms with Crippen LogP contribution in [0.15, 0.2) is 36.9 Å². The van der Waals surface area contributed by atoms with E-state index in [0.29, 0.717) is 17.1 Å². The van der Waals surface area contributed by atoms with Crippen molar-refractivity contribution in [2.75, 3.05) is 19.3 Å². The van der Waals surface area contributed by atoms with Crippen molar-refractivity contribution >= 4 is 27.5 Å². The van der Waals surface area contributed by atoms with Crippen LogP contribution in [0.1, 0.15) is 5.56 Å². The molecule has 0 aliphatic heterocycles. The van der Waals surface area contributed by atoms with Crippen LogP contribution in [-0.2, 0) is 21.4 Å². The Balaban J connectivity index is 2.84. The van der Waals surface area contributed by atoms with Crippen molar-refractivity contribution in [2.45, 2.75) is 6.54 Å². The molecule has 1 rings (SSSR count). The molecule has 20 heavy (non-hydrogen) atoms. The quantitative estimate of drug-likeness (QED) is 0.773. The van der Waals surface area contributed by atoms with E-state index in [-0.39, 0.29) is 19.0 Å². The molecule has 0 atom stereocenters. The fourth-order valence-electron chi connectivity index (χ4n) is 1.51. The van der Waals surface area contributed by atoms with Gasteiger partial charge in [-0.3, -0.25) is 4.79 Å². The molecule has 0 saturated carbocycles. The lowest BCUT2D eigenvalue weighted by Crippen LogP contribution is -2.39. The first-order valence-corrected chi connectivity index (χ1v) is 8.13. The Morgan fingerprint density at radius 2 is 2.10 bits per heavy atom. The van der Waals surface area contributed by atoms with Gasteiger partial charge in [0.1, 0.15) is 0 Å². The molecular weight excluding hydrogens is 300 g/mol. The molecule has 5 nitrogen and oxygen atoms in total. The largest absolute Gasteiger partial charge is 0.351 e. The number of hydrogen-bond donors (Lipinski definition) is 1. The minimum atomic E-state index is -3.51. The molecule has 0 aromatic heterocycles. The van der Waals surface area contributed by atoms with Gasteiger partial charge in [0, 0.05) is 18.1 Å². The van der Waals surface area contributed by atoms with Crippen LogP contribution in [-0.4, -0.2) is 38.0 Å². The Hall–Kier alpha value is -1.37. The molecule has 0 saturated heterocycles. The maximum absolute atomic E-state index is 11.7. The van der Waals surface area contributed by atoms with Gasteiger partial charge in [0.2, 0.25) is 15.9 Å². The second-order valence-corrected chi connectivity index (χ2v) is 6.60. The number of benzene rings is 1. The van der Waals surface area contributed by atoms with Crippen LogP contribution in [0.5, 0.6) is 0 Å². The average molecular weight is 317 g/mol. The van der Waals surface area contributed by atoms with Gasteiger partial charge in [-0.1, -0.05) is 35.9 Å². The maximum Gasteiger partial charge on any atom is 0.235 e. The van der Waals surface area contributed by atoms with E-state index in [0.717, 1.165) is 10.6 Å². The summed E-state index contributed by atoms with van der Waals surface area (Å²) in [6.07, 6.45) is 2.58. The molecule has 0 bridgehead atoms. The Kier molecular flexibility index (Phi) is 6.19. The topological polar surface area (TPSA) is 66.5 Å². The molecular formula is C13H17ClN2O3S. The minimum absolute atomic E-state index is 0.0556. The van der Waals surface area contributed by atoms with Crippen LogP contribution in [0, 0.1) is 0 Å². The molecule has 0 aliphatic carbocycles. The van der Waals surface area contributed by atoms with Gasteiger partial charge in [0.15, 0.2) is 0 Å². The second-order valence-electron chi connectivity index (χ2n) is 4.22. The zero-order valence-corrected chi connectivity index (χ0v) is 12.7. The van der Waals surface area contributed by atoms with Crippen molar-refractivity contribution in [2.24, 2.45) is 0 Å². The summed E-state index contributed by atoms with van der Waals surface area (Å²) in [5.74, 6) is -0.387. The van der Waals surface area contributed by atoms with E-state index >= 15 is 0 Å². The molecule has 1 N–H and O–H groups in total. The molecule has 0 radical (unpaired) electrons. The fraction of sp³-hybridized carbons (Fsp3) is 0.308.